The molecule has 6 nitrogen and oxygen atoms in total. The topological polar surface area (TPSA) is 71.0 Å². The number of aryl methyl sites for hydroxylation is 2. The molecule has 34 heavy (non-hydrogen) atoms. The number of carbonyl (C=O) groups excluding carboxylic acids is 2. The average Bonchev–Trinajstić information content (AvgIpc) is 2.81. The number of rotatable bonds is 5. The van der Waals surface area contributed by atoms with Crippen LogP contribution in [0, 0.1) is 13.8 Å². The van der Waals surface area contributed by atoms with Gasteiger partial charge in [-0.25, -0.2) is 5.43 Å². The van der Waals surface area contributed by atoms with Crippen molar-refractivity contribution in [3.63, 3.8) is 0 Å². The monoisotopic (exact) mass is 461 g/mol. The highest BCUT2D eigenvalue weighted by atomic mass is 16.5. The quantitative estimate of drug-likeness (QED) is 0.641. The molecule has 6 heteroatoms. The zero-order valence-electron chi connectivity index (χ0n) is 20.7. The van der Waals surface area contributed by atoms with E-state index < -0.39 is 0 Å². The molecule has 2 amide bonds. The molecule has 0 saturated carbocycles. The number of hydrogen-bond donors (Lipinski definition) is 1. The summed E-state index contributed by atoms with van der Waals surface area (Å²) in [5, 5.41) is 4.47. The van der Waals surface area contributed by atoms with Gasteiger partial charge in [-0.3, -0.25) is 9.59 Å². The lowest BCUT2D eigenvalue weighted by Gasteiger charge is -2.38. The first-order valence-corrected chi connectivity index (χ1v) is 12.3. The average molecular weight is 462 g/mol. The van der Waals surface area contributed by atoms with Gasteiger partial charge in [0.25, 0.3) is 11.8 Å². The summed E-state index contributed by atoms with van der Waals surface area (Å²) in [5.74, 6) is 0.318. The van der Waals surface area contributed by atoms with E-state index in [1.165, 1.54) is 16.7 Å². The molecule has 1 heterocycles. The summed E-state index contributed by atoms with van der Waals surface area (Å²) < 4.78 is 5.72. The number of fused-ring (bicyclic) bond motifs is 1. The molecule has 0 bridgehead atoms. The van der Waals surface area contributed by atoms with Gasteiger partial charge in [-0.15, -0.1) is 0 Å². The van der Waals surface area contributed by atoms with Gasteiger partial charge in [0.2, 0.25) is 0 Å². The predicted molar refractivity (Wildman–Crippen MR) is 134 cm³/mol. The first kappa shape index (κ1) is 24.0. The highest BCUT2D eigenvalue weighted by molar-refractivity contribution is 6.04. The third-order valence-electron chi connectivity index (χ3n) is 7.02. The van der Waals surface area contributed by atoms with Crippen LogP contribution in [0.3, 0.4) is 0 Å². The van der Waals surface area contributed by atoms with Gasteiger partial charge in [0, 0.05) is 23.2 Å². The maximum absolute atomic E-state index is 12.7. The van der Waals surface area contributed by atoms with E-state index in [-0.39, 0.29) is 30.5 Å². The number of benzene rings is 2. The number of carbonyl (C=O) groups is 2. The van der Waals surface area contributed by atoms with Gasteiger partial charge in [-0.05, 0) is 108 Å². The second-order valence-electron chi connectivity index (χ2n) is 9.70. The second kappa shape index (κ2) is 10.4. The molecule has 2 aliphatic rings. The number of amides is 2. The van der Waals surface area contributed by atoms with E-state index in [0.717, 1.165) is 49.8 Å². The summed E-state index contributed by atoms with van der Waals surface area (Å²) in [4.78, 5) is 27.3. The number of likely N-dealkylation sites (tertiary alicyclic amines) is 1. The molecule has 1 N–H and O–H groups in total. The lowest BCUT2D eigenvalue weighted by atomic mass is 9.86. The standard InChI is InChI=1S/C28H35N3O3/c1-18-15-19(2)24-9-6-10-26(25(24)16-18)29-30-28(33)22-11-13-23(14-12-22)34-17-27(32)31-20(3)7-5-8-21(31)4/h11-16,20-21H,5-10,17H2,1-4H3,(H,30,33). The first-order chi connectivity index (χ1) is 16.3. The molecule has 2 unspecified atom stereocenters. The number of nitrogens with zero attached hydrogens (tertiary/aromatic N) is 2. The normalized spacial score (nSPS) is 21.2. The largest absolute Gasteiger partial charge is 0.484 e. The molecule has 2 aromatic carbocycles. The highest BCUT2D eigenvalue weighted by Gasteiger charge is 2.29. The van der Waals surface area contributed by atoms with Gasteiger partial charge in [-0.1, -0.05) is 11.6 Å². The summed E-state index contributed by atoms with van der Waals surface area (Å²) in [6, 6.07) is 11.7. The van der Waals surface area contributed by atoms with Crippen molar-refractivity contribution in [2.45, 2.75) is 78.3 Å². The summed E-state index contributed by atoms with van der Waals surface area (Å²) in [5.41, 5.74) is 9.11. The van der Waals surface area contributed by atoms with Crippen LogP contribution in [0.15, 0.2) is 41.5 Å². The zero-order valence-corrected chi connectivity index (χ0v) is 20.7. The van der Waals surface area contributed by atoms with Crippen molar-refractivity contribution in [1.29, 1.82) is 0 Å². The molecule has 1 aliphatic heterocycles. The molecule has 1 fully saturated rings. The first-order valence-electron chi connectivity index (χ1n) is 12.3. The van der Waals surface area contributed by atoms with Crippen LogP contribution in [-0.2, 0) is 11.2 Å². The van der Waals surface area contributed by atoms with E-state index in [0.29, 0.717) is 11.3 Å². The maximum Gasteiger partial charge on any atom is 0.271 e. The minimum Gasteiger partial charge on any atom is -0.484 e. The summed E-state index contributed by atoms with van der Waals surface area (Å²) >= 11 is 0. The van der Waals surface area contributed by atoms with E-state index in [9.17, 15) is 9.59 Å². The molecule has 0 aromatic heterocycles. The number of hydrogen-bond acceptors (Lipinski definition) is 4. The Labute approximate surface area is 202 Å². The fraction of sp³-hybridized carbons (Fsp3) is 0.464. The van der Waals surface area contributed by atoms with Crippen LogP contribution in [0.1, 0.15) is 78.6 Å². The molecule has 0 spiro atoms. The van der Waals surface area contributed by atoms with Crippen LogP contribution in [0.25, 0.3) is 0 Å². The Balaban J connectivity index is 1.36. The SMILES string of the molecule is Cc1cc(C)c2c(c1)C(=NNC(=O)c1ccc(OCC(=O)N3C(C)CCCC3C)cc1)CCC2. The van der Waals surface area contributed by atoms with Gasteiger partial charge >= 0.3 is 0 Å². The van der Waals surface area contributed by atoms with E-state index in [2.05, 4.69) is 50.4 Å². The van der Waals surface area contributed by atoms with Gasteiger partial charge in [0.1, 0.15) is 5.75 Å². The molecular weight excluding hydrogens is 426 g/mol. The summed E-state index contributed by atoms with van der Waals surface area (Å²) in [7, 11) is 0. The molecule has 2 aromatic rings. The molecule has 1 saturated heterocycles. The lowest BCUT2D eigenvalue weighted by Crippen LogP contribution is -2.49. The van der Waals surface area contributed by atoms with Crippen molar-refractivity contribution in [1.82, 2.24) is 10.3 Å². The Hall–Kier alpha value is -3.15. The van der Waals surface area contributed by atoms with E-state index in [1.807, 2.05) is 4.90 Å². The van der Waals surface area contributed by atoms with Crippen LogP contribution >= 0.6 is 0 Å². The van der Waals surface area contributed by atoms with Crippen LogP contribution in [0.5, 0.6) is 5.75 Å². The van der Waals surface area contributed by atoms with Crippen molar-refractivity contribution in [3.8, 4) is 5.75 Å². The number of nitrogens with one attached hydrogen (secondary N) is 1. The van der Waals surface area contributed by atoms with Crippen molar-refractivity contribution < 1.29 is 14.3 Å². The fourth-order valence-electron chi connectivity index (χ4n) is 5.29. The third-order valence-corrected chi connectivity index (χ3v) is 7.02. The van der Waals surface area contributed by atoms with Crippen LogP contribution < -0.4 is 10.2 Å². The Morgan fingerprint density at radius 1 is 1.03 bits per heavy atom. The molecule has 180 valence electrons. The van der Waals surface area contributed by atoms with Crippen LogP contribution in [-0.4, -0.2) is 41.1 Å². The Bertz CT molecular complexity index is 1080. The third kappa shape index (κ3) is 5.32. The highest BCUT2D eigenvalue weighted by Crippen LogP contribution is 2.26. The second-order valence-corrected chi connectivity index (χ2v) is 9.70. The van der Waals surface area contributed by atoms with E-state index >= 15 is 0 Å². The van der Waals surface area contributed by atoms with Crippen molar-refractivity contribution in [2.75, 3.05) is 6.61 Å². The molecule has 2 atom stereocenters. The Kier molecular flexibility index (Phi) is 7.35. The molecule has 4 rings (SSSR count). The lowest BCUT2D eigenvalue weighted by molar-refractivity contribution is -0.139. The van der Waals surface area contributed by atoms with Gasteiger partial charge in [0.05, 0.1) is 5.71 Å². The zero-order chi connectivity index (χ0) is 24.2. The predicted octanol–water partition coefficient (Wildman–Crippen LogP) is 4.94. The van der Waals surface area contributed by atoms with E-state index in [1.54, 1.807) is 24.3 Å². The smallest absolute Gasteiger partial charge is 0.271 e. The minimum atomic E-state index is -0.261. The van der Waals surface area contributed by atoms with Gasteiger partial charge < -0.3 is 9.64 Å². The fourth-order valence-corrected chi connectivity index (χ4v) is 5.29. The number of ether oxygens (including phenoxy) is 1. The van der Waals surface area contributed by atoms with Crippen molar-refractivity contribution in [2.24, 2.45) is 5.10 Å². The Morgan fingerprint density at radius 2 is 1.74 bits per heavy atom. The van der Waals surface area contributed by atoms with Crippen molar-refractivity contribution >= 4 is 17.5 Å². The minimum absolute atomic E-state index is 0.00607. The van der Waals surface area contributed by atoms with Crippen molar-refractivity contribution in [3.05, 3.63) is 64.2 Å². The van der Waals surface area contributed by atoms with E-state index in [4.69, 9.17) is 4.74 Å². The molecular formula is C28H35N3O3. The number of piperidine rings is 1. The van der Waals surface area contributed by atoms with Crippen LogP contribution in [0.4, 0.5) is 0 Å². The number of hydrazone groups is 1. The summed E-state index contributed by atoms with van der Waals surface area (Å²) in [6.45, 7) is 8.42. The molecule has 0 radical (unpaired) electrons. The van der Waals surface area contributed by atoms with Gasteiger partial charge in [-0.2, -0.15) is 5.10 Å². The maximum atomic E-state index is 12.7. The van der Waals surface area contributed by atoms with Crippen LogP contribution in [0.2, 0.25) is 0 Å². The molecule has 1 aliphatic carbocycles. The summed E-state index contributed by atoms with van der Waals surface area (Å²) in [6.07, 6.45) is 6.17. The van der Waals surface area contributed by atoms with Gasteiger partial charge in [0.15, 0.2) is 6.61 Å². The Morgan fingerprint density at radius 3 is 2.44 bits per heavy atom.